The average molecular weight is 607 g/mol. The molecule has 0 atom stereocenters. The first-order chi connectivity index (χ1) is 21.5. The van der Waals surface area contributed by atoms with Crippen LogP contribution in [-0.4, -0.2) is 11.6 Å². The van der Waals surface area contributed by atoms with Gasteiger partial charge in [0, 0.05) is 22.1 Å². The van der Waals surface area contributed by atoms with E-state index < -0.39 is 11.6 Å². The Morgan fingerprint density at radius 1 is 0.386 bits per heavy atom. The summed E-state index contributed by atoms with van der Waals surface area (Å²) >= 11 is 13.3. The Balaban J connectivity index is 1.12. The third-order valence-corrected chi connectivity index (χ3v) is 9.59. The van der Waals surface area contributed by atoms with Gasteiger partial charge >= 0.3 is 0 Å². The van der Waals surface area contributed by atoms with Crippen molar-refractivity contribution in [1.29, 1.82) is 0 Å². The summed E-state index contributed by atoms with van der Waals surface area (Å²) in [6.45, 7) is 0. The minimum absolute atomic E-state index is 0.0439. The lowest BCUT2D eigenvalue weighted by Gasteiger charge is -2.22. The summed E-state index contributed by atoms with van der Waals surface area (Å²) < 4.78 is 0. The van der Waals surface area contributed by atoms with Gasteiger partial charge in [-0.05, 0) is 66.0 Å². The zero-order valence-electron chi connectivity index (χ0n) is 23.0. The van der Waals surface area contributed by atoms with Crippen LogP contribution in [0.2, 0.25) is 0 Å². The van der Waals surface area contributed by atoms with Crippen LogP contribution in [0.4, 0.5) is 11.4 Å². The van der Waals surface area contributed by atoms with E-state index in [4.69, 9.17) is 23.2 Å². The van der Waals surface area contributed by atoms with Crippen LogP contribution in [0.1, 0.15) is 0 Å². The van der Waals surface area contributed by atoms with E-state index in [9.17, 15) is 9.59 Å². The van der Waals surface area contributed by atoms with E-state index in [2.05, 4.69) is 71.3 Å². The first-order valence-corrected chi connectivity index (χ1v) is 15.0. The number of rotatable bonds is 4. The Bertz CT molecular complexity index is 2400. The van der Waals surface area contributed by atoms with Crippen molar-refractivity contribution >= 4 is 111 Å². The van der Waals surface area contributed by atoms with Gasteiger partial charge in [0.2, 0.25) is 11.6 Å². The first kappa shape index (κ1) is 25.3. The maximum absolute atomic E-state index is 13.7. The maximum atomic E-state index is 13.7. The first-order valence-electron chi connectivity index (χ1n) is 14.2. The zero-order valence-corrected chi connectivity index (χ0v) is 24.5. The highest BCUT2D eigenvalue weighted by Gasteiger charge is 2.34. The van der Waals surface area contributed by atoms with Crippen LogP contribution >= 0.6 is 23.2 Å². The quantitative estimate of drug-likeness (QED) is 0.154. The van der Waals surface area contributed by atoms with Gasteiger partial charge < -0.3 is 10.6 Å². The number of allylic oxidation sites excluding steroid dienone is 2. The van der Waals surface area contributed by atoms with Gasteiger partial charge in [-0.1, -0.05) is 120 Å². The van der Waals surface area contributed by atoms with E-state index in [1.807, 2.05) is 48.5 Å². The molecule has 0 spiro atoms. The van der Waals surface area contributed by atoms with Crippen molar-refractivity contribution in [2.75, 3.05) is 10.6 Å². The molecule has 0 aliphatic heterocycles. The maximum Gasteiger partial charge on any atom is 0.224 e. The number of anilines is 2. The Labute approximate surface area is 260 Å². The van der Waals surface area contributed by atoms with E-state index in [0.29, 0.717) is 11.4 Å². The molecule has 0 saturated heterocycles. The molecule has 6 heteroatoms. The molecule has 0 saturated carbocycles. The minimum atomic E-state index is -0.554. The summed E-state index contributed by atoms with van der Waals surface area (Å²) in [5, 5.41) is 18.9. The van der Waals surface area contributed by atoms with Crippen molar-refractivity contribution in [1.82, 2.24) is 0 Å². The second kappa shape index (κ2) is 9.17. The molecule has 0 amide bonds. The van der Waals surface area contributed by atoms with Crippen molar-refractivity contribution in [3.05, 3.63) is 131 Å². The highest BCUT2D eigenvalue weighted by molar-refractivity contribution is 6.57. The molecule has 0 fully saturated rings. The number of nitrogens with one attached hydrogen (secondary N) is 2. The highest BCUT2D eigenvalue weighted by Crippen LogP contribution is 2.41. The molecule has 0 heterocycles. The topological polar surface area (TPSA) is 58.2 Å². The fraction of sp³-hybridized carbons (Fsp3) is 0. The van der Waals surface area contributed by atoms with Crippen LogP contribution in [-0.2, 0) is 9.59 Å². The van der Waals surface area contributed by atoms with Gasteiger partial charge in [-0.3, -0.25) is 9.59 Å². The van der Waals surface area contributed by atoms with Gasteiger partial charge in [-0.2, -0.15) is 0 Å². The molecule has 44 heavy (non-hydrogen) atoms. The van der Waals surface area contributed by atoms with Crippen LogP contribution in [0.25, 0.3) is 64.6 Å². The number of benzene rings is 8. The lowest BCUT2D eigenvalue weighted by Crippen LogP contribution is -2.27. The molecule has 0 bridgehead atoms. The Kier molecular flexibility index (Phi) is 5.28. The minimum Gasteiger partial charge on any atom is -0.350 e. The number of hydrogen-bond donors (Lipinski definition) is 2. The van der Waals surface area contributed by atoms with Crippen molar-refractivity contribution in [2.24, 2.45) is 0 Å². The van der Waals surface area contributed by atoms with Crippen LogP contribution in [0, 0.1) is 0 Å². The number of hydrogen-bond acceptors (Lipinski definition) is 4. The molecule has 1 aliphatic rings. The molecule has 0 aromatic heterocycles. The zero-order chi connectivity index (χ0) is 29.7. The summed E-state index contributed by atoms with van der Waals surface area (Å²) in [6.07, 6.45) is 0. The Hall–Kier alpha value is -5.16. The third kappa shape index (κ3) is 3.47. The molecular weight excluding hydrogens is 587 g/mol. The molecule has 1 aliphatic carbocycles. The molecule has 0 radical (unpaired) electrons. The van der Waals surface area contributed by atoms with Gasteiger partial charge in [0.25, 0.3) is 0 Å². The number of Topliss-reactive ketones (excluding diaryl/α,β-unsaturated/α-hetero) is 2. The van der Waals surface area contributed by atoms with Gasteiger partial charge in [0.05, 0.1) is 0 Å². The fourth-order valence-corrected chi connectivity index (χ4v) is 7.28. The summed E-state index contributed by atoms with van der Waals surface area (Å²) in [5.41, 5.74) is 1.24. The summed E-state index contributed by atoms with van der Waals surface area (Å²) in [4.78, 5) is 27.4. The molecule has 0 unspecified atom stereocenters. The summed E-state index contributed by atoms with van der Waals surface area (Å²) in [5.74, 6) is -1.11. The molecule has 208 valence electrons. The van der Waals surface area contributed by atoms with E-state index in [0.717, 1.165) is 64.6 Å². The van der Waals surface area contributed by atoms with Crippen LogP contribution in [0.5, 0.6) is 0 Å². The van der Waals surface area contributed by atoms with Crippen molar-refractivity contribution in [3.63, 3.8) is 0 Å². The second-order valence-electron chi connectivity index (χ2n) is 11.2. The normalized spacial score (nSPS) is 14.5. The largest absolute Gasteiger partial charge is 0.350 e. The smallest absolute Gasteiger partial charge is 0.224 e. The van der Waals surface area contributed by atoms with Crippen LogP contribution < -0.4 is 10.6 Å². The summed E-state index contributed by atoms with van der Waals surface area (Å²) in [6, 6.07) is 36.8. The Morgan fingerprint density at radius 3 is 1.09 bits per heavy atom. The predicted octanol–water partition coefficient (Wildman–Crippen LogP) is 10.1. The monoisotopic (exact) mass is 606 g/mol. The Morgan fingerprint density at radius 2 is 0.705 bits per heavy atom. The predicted molar refractivity (Wildman–Crippen MR) is 183 cm³/mol. The lowest BCUT2D eigenvalue weighted by molar-refractivity contribution is -0.115. The third-order valence-electron chi connectivity index (χ3n) is 8.87. The van der Waals surface area contributed by atoms with Crippen LogP contribution in [0.3, 0.4) is 0 Å². The number of carbonyl (C=O) groups excluding carboxylic acids is 2. The average Bonchev–Trinajstić information content (AvgIpc) is 3.06. The number of halogens is 2. The van der Waals surface area contributed by atoms with Gasteiger partial charge in [0.1, 0.15) is 21.5 Å². The van der Waals surface area contributed by atoms with E-state index in [-0.39, 0.29) is 21.5 Å². The molecule has 8 aromatic carbocycles. The molecule has 8 aromatic rings. The van der Waals surface area contributed by atoms with Crippen LogP contribution in [0.15, 0.2) is 131 Å². The number of carbonyl (C=O) groups is 2. The SMILES string of the molecule is O=C1C(Cl)=C(Nc2ccc3ccc4cccc5ccc2c3c45)C(=O)C(Cl)=C1Nc1ccc2ccc3cccc4ccc1c2c34. The van der Waals surface area contributed by atoms with E-state index in [1.165, 1.54) is 0 Å². The standard InChI is InChI=1S/C38H20Cl2N2O2/c39-33-35(41-27-17-13-23-9-7-19-3-1-5-21-11-15-25(27)31(23)29(19)21)37(43)34(40)36(38(33)44)42-28-18-14-24-10-8-20-4-2-6-22-12-16-26(28)32(24)30(20)22/h1-18,41-42H. The van der Waals surface area contributed by atoms with Crippen molar-refractivity contribution in [3.8, 4) is 0 Å². The van der Waals surface area contributed by atoms with Crippen molar-refractivity contribution in [2.45, 2.75) is 0 Å². The van der Waals surface area contributed by atoms with Gasteiger partial charge in [0.15, 0.2) is 0 Å². The van der Waals surface area contributed by atoms with Gasteiger partial charge in [-0.15, -0.1) is 0 Å². The number of ketones is 2. The van der Waals surface area contributed by atoms with Crippen molar-refractivity contribution < 1.29 is 9.59 Å². The highest BCUT2D eigenvalue weighted by atomic mass is 35.5. The van der Waals surface area contributed by atoms with Gasteiger partial charge in [-0.25, -0.2) is 0 Å². The molecule has 9 rings (SSSR count). The van der Waals surface area contributed by atoms with E-state index >= 15 is 0 Å². The molecule has 4 nitrogen and oxygen atoms in total. The van der Waals surface area contributed by atoms with E-state index in [1.54, 1.807) is 0 Å². The fourth-order valence-electron chi connectivity index (χ4n) is 6.83. The summed E-state index contributed by atoms with van der Waals surface area (Å²) in [7, 11) is 0. The second-order valence-corrected chi connectivity index (χ2v) is 12.0. The lowest BCUT2D eigenvalue weighted by atomic mass is 9.93. The molecule has 2 N–H and O–H groups in total. The molecular formula is C38H20Cl2N2O2.